The maximum Gasteiger partial charge on any atom is 0.307 e. The van der Waals surface area contributed by atoms with Gasteiger partial charge in [0.25, 0.3) is 0 Å². The largest absolute Gasteiger partial charge is 0.775 e. The molecule has 0 saturated heterocycles. The van der Waals surface area contributed by atoms with Crippen molar-refractivity contribution in [1.29, 1.82) is 0 Å². The van der Waals surface area contributed by atoms with Crippen LogP contribution in [0, 0.1) is 0 Å². The van der Waals surface area contributed by atoms with Gasteiger partial charge in [0.15, 0.2) is 13.3 Å². The summed E-state index contributed by atoms with van der Waals surface area (Å²) in [6, 6.07) is 10.7. The van der Waals surface area contributed by atoms with Crippen molar-refractivity contribution in [1.82, 2.24) is 0 Å². The Kier molecular flexibility index (Phi) is 6.87. The first-order valence-electron chi connectivity index (χ1n) is 12.6. The second kappa shape index (κ2) is 9.39. The summed E-state index contributed by atoms with van der Waals surface area (Å²) >= 11 is 0. The van der Waals surface area contributed by atoms with E-state index in [1.54, 1.807) is 12.1 Å². The third kappa shape index (κ3) is 4.61. The highest BCUT2D eigenvalue weighted by Crippen LogP contribution is 2.48. The van der Waals surface area contributed by atoms with Crippen LogP contribution in [0.15, 0.2) is 60.3 Å². The van der Waals surface area contributed by atoms with Gasteiger partial charge in [0.1, 0.15) is 6.54 Å². The van der Waals surface area contributed by atoms with Gasteiger partial charge in [-0.3, -0.25) is 4.79 Å². The normalized spacial score (nSPS) is 20.4. The van der Waals surface area contributed by atoms with Gasteiger partial charge in [0.05, 0.1) is 11.8 Å². The molecule has 1 unspecified atom stereocenters. The molecule has 0 radical (unpaired) electrons. The SMILES string of the molecule is CCN1/C(=C\C=C\C2=[N+](CC)c3ccc(P(=O)([O-])O)cc3C2(C)C)C(C)(C)c2cc(CC(=O)O)ccc21. The lowest BCUT2D eigenvalue weighted by molar-refractivity contribution is -0.433. The van der Waals surface area contributed by atoms with Gasteiger partial charge < -0.3 is 24.4 Å². The number of hydrogen-bond acceptors (Lipinski definition) is 4. The van der Waals surface area contributed by atoms with Crippen molar-refractivity contribution < 1.29 is 28.8 Å². The van der Waals surface area contributed by atoms with Gasteiger partial charge in [-0.25, -0.2) is 0 Å². The molecule has 1 atom stereocenters. The predicted octanol–water partition coefficient (Wildman–Crippen LogP) is 4.14. The van der Waals surface area contributed by atoms with Crippen LogP contribution < -0.4 is 15.1 Å². The van der Waals surface area contributed by atoms with Gasteiger partial charge in [-0.15, -0.1) is 0 Å². The first-order chi connectivity index (χ1) is 17.2. The molecule has 0 aliphatic carbocycles. The minimum atomic E-state index is -4.60. The summed E-state index contributed by atoms with van der Waals surface area (Å²) in [7, 11) is -4.60. The molecule has 0 saturated carbocycles. The lowest BCUT2D eigenvalue weighted by Crippen LogP contribution is -2.28. The number of benzene rings is 2. The maximum absolute atomic E-state index is 11.8. The van der Waals surface area contributed by atoms with Gasteiger partial charge in [0.2, 0.25) is 5.69 Å². The van der Waals surface area contributed by atoms with Crippen molar-refractivity contribution >= 4 is 36.0 Å². The Balaban J connectivity index is 1.73. The standard InChI is InChI=1S/C29H35N2O5P/c1-7-30-23-14-12-19(17-27(32)33)16-21(23)28(3,4)25(30)10-9-11-26-29(5,6)22-18-20(37(34,35)36)13-15-24(22)31(26)8-2/h9-16,18H,7-8,17H2,1-6H3,(H2-,32,33,34,35,36). The minimum absolute atomic E-state index is 0.00492. The zero-order valence-electron chi connectivity index (χ0n) is 22.3. The molecular weight excluding hydrogens is 487 g/mol. The monoisotopic (exact) mass is 522 g/mol. The number of carbonyl (C=O) groups is 1. The Morgan fingerprint density at radius 1 is 1.08 bits per heavy atom. The Morgan fingerprint density at radius 2 is 1.78 bits per heavy atom. The fourth-order valence-electron chi connectivity index (χ4n) is 5.76. The van der Waals surface area contributed by atoms with E-state index >= 15 is 0 Å². The van der Waals surface area contributed by atoms with E-state index in [1.807, 2.05) is 24.3 Å². The van der Waals surface area contributed by atoms with Crippen LogP contribution in [0.2, 0.25) is 0 Å². The van der Waals surface area contributed by atoms with E-state index in [0.29, 0.717) is 6.54 Å². The zero-order valence-corrected chi connectivity index (χ0v) is 23.2. The quantitative estimate of drug-likeness (QED) is 0.419. The summed E-state index contributed by atoms with van der Waals surface area (Å²) < 4.78 is 14.0. The van der Waals surface area contributed by atoms with Crippen LogP contribution in [-0.4, -0.2) is 39.3 Å². The lowest BCUT2D eigenvalue weighted by atomic mass is 9.81. The summed E-state index contributed by atoms with van der Waals surface area (Å²) in [6.45, 7) is 14.1. The summed E-state index contributed by atoms with van der Waals surface area (Å²) in [6.07, 6.45) is 6.23. The van der Waals surface area contributed by atoms with Crippen LogP contribution in [0.5, 0.6) is 0 Å². The molecule has 196 valence electrons. The Hall–Kier alpha value is -2.99. The molecule has 0 amide bonds. The topological polar surface area (TPSA) is 104 Å². The van der Waals surface area contributed by atoms with Gasteiger partial charge in [-0.1, -0.05) is 32.1 Å². The first kappa shape index (κ1) is 27.1. The summed E-state index contributed by atoms with van der Waals surface area (Å²) in [5.74, 6) is -0.844. The van der Waals surface area contributed by atoms with Gasteiger partial charge in [0, 0.05) is 46.4 Å². The number of aliphatic carboxylic acids is 1. The fraction of sp³-hybridized carbons (Fsp3) is 0.379. The summed E-state index contributed by atoms with van der Waals surface area (Å²) in [5, 5.41) is 9.17. The van der Waals surface area contributed by atoms with Crippen molar-refractivity contribution in [2.24, 2.45) is 0 Å². The summed E-state index contributed by atoms with van der Waals surface area (Å²) in [4.78, 5) is 34.9. The molecular formula is C29H35N2O5P. The van der Waals surface area contributed by atoms with Crippen LogP contribution in [0.3, 0.4) is 0 Å². The van der Waals surface area contributed by atoms with Crippen molar-refractivity contribution in [3.63, 3.8) is 0 Å². The van der Waals surface area contributed by atoms with E-state index in [0.717, 1.165) is 46.0 Å². The Morgan fingerprint density at radius 3 is 2.38 bits per heavy atom. The number of rotatable bonds is 7. The van der Waals surface area contributed by atoms with Crippen molar-refractivity contribution in [3.05, 3.63) is 77.0 Å². The van der Waals surface area contributed by atoms with Crippen LogP contribution in [0.25, 0.3) is 0 Å². The highest BCUT2D eigenvalue weighted by molar-refractivity contribution is 7.58. The van der Waals surface area contributed by atoms with Crippen molar-refractivity contribution in [2.75, 3.05) is 18.0 Å². The van der Waals surface area contributed by atoms with Crippen LogP contribution in [-0.2, 0) is 26.6 Å². The number of likely N-dealkylation sites (N-methyl/N-ethyl adjacent to an activating group) is 1. The molecule has 2 aliphatic rings. The van der Waals surface area contributed by atoms with E-state index < -0.39 is 19.0 Å². The molecule has 2 aliphatic heterocycles. The van der Waals surface area contributed by atoms with Gasteiger partial charge in [-0.2, -0.15) is 4.58 Å². The van der Waals surface area contributed by atoms with Gasteiger partial charge in [-0.05, 0) is 63.1 Å². The van der Waals surface area contributed by atoms with Gasteiger partial charge >= 0.3 is 5.97 Å². The number of allylic oxidation sites excluding steroid dienone is 4. The highest BCUT2D eigenvalue weighted by Gasteiger charge is 2.44. The van der Waals surface area contributed by atoms with E-state index in [-0.39, 0.29) is 17.1 Å². The molecule has 0 aromatic heterocycles. The number of nitrogens with zero attached hydrogens (tertiary/aromatic N) is 2. The third-order valence-electron chi connectivity index (χ3n) is 7.65. The first-order valence-corrected chi connectivity index (χ1v) is 14.2. The van der Waals surface area contributed by atoms with E-state index in [1.165, 1.54) is 6.07 Å². The zero-order chi connectivity index (χ0) is 27.3. The number of anilines is 1. The van der Waals surface area contributed by atoms with E-state index in [9.17, 15) is 24.3 Å². The summed E-state index contributed by atoms with van der Waals surface area (Å²) in [5.41, 5.74) is 6.19. The van der Waals surface area contributed by atoms with Crippen LogP contribution >= 0.6 is 7.60 Å². The van der Waals surface area contributed by atoms with E-state index in [4.69, 9.17) is 0 Å². The molecule has 2 heterocycles. The lowest BCUT2D eigenvalue weighted by Gasteiger charge is -2.25. The average Bonchev–Trinajstić information content (AvgIpc) is 3.16. The fourth-order valence-corrected chi connectivity index (χ4v) is 6.31. The molecule has 2 aromatic carbocycles. The van der Waals surface area contributed by atoms with Crippen LogP contribution in [0.4, 0.5) is 11.4 Å². The molecule has 2 aromatic rings. The number of carboxylic acid groups (broad SMARTS) is 1. The highest BCUT2D eigenvalue weighted by atomic mass is 31.2. The number of carboxylic acids is 1. The molecule has 7 nitrogen and oxygen atoms in total. The number of fused-ring (bicyclic) bond motifs is 2. The molecule has 0 bridgehead atoms. The van der Waals surface area contributed by atoms with E-state index in [2.05, 4.69) is 63.2 Å². The molecule has 4 rings (SSSR count). The molecule has 2 N–H and O–H groups in total. The van der Waals surface area contributed by atoms with Crippen LogP contribution in [0.1, 0.15) is 58.2 Å². The third-order valence-corrected chi connectivity index (χ3v) is 8.58. The Bertz CT molecular complexity index is 1410. The number of hydrogen-bond donors (Lipinski definition) is 2. The molecule has 8 heteroatoms. The smallest absolute Gasteiger partial charge is 0.307 e. The minimum Gasteiger partial charge on any atom is -0.775 e. The average molecular weight is 523 g/mol. The molecule has 0 fully saturated rings. The Labute approximate surface area is 218 Å². The van der Waals surface area contributed by atoms with Crippen molar-refractivity contribution in [3.8, 4) is 0 Å². The van der Waals surface area contributed by atoms with Crippen molar-refractivity contribution in [2.45, 2.75) is 58.8 Å². The predicted molar refractivity (Wildman–Crippen MR) is 145 cm³/mol. The molecule has 0 spiro atoms. The maximum atomic E-state index is 11.8. The second-order valence-corrected chi connectivity index (χ2v) is 12.2. The second-order valence-electron chi connectivity index (χ2n) is 10.7. The molecule has 37 heavy (non-hydrogen) atoms.